The van der Waals surface area contributed by atoms with E-state index < -0.39 is 0 Å². The number of nitrogens with zero attached hydrogens (tertiary/aromatic N) is 3. The van der Waals surface area contributed by atoms with Gasteiger partial charge in [-0.15, -0.1) is 0 Å². The summed E-state index contributed by atoms with van der Waals surface area (Å²) in [5.41, 5.74) is 5.49. The van der Waals surface area contributed by atoms with Crippen LogP contribution in [0.5, 0.6) is 11.6 Å². The molecule has 4 nitrogen and oxygen atoms in total. The third-order valence-corrected chi connectivity index (χ3v) is 6.28. The summed E-state index contributed by atoms with van der Waals surface area (Å²) in [5.74, 6) is 2.63. The van der Waals surface area contributed by atoms with E-state index in [9.17, 15) is 0 Å². The van der Waals surface area contributed by atoms with Crippen molar-refractivity contribution < 1.29 is 4.74 Å². The van der Waals surface area contributed by atoms with Crippen molar-refractivity contribution in [2.24, 2.45) is 0 Å². The predicted octanol–water partition coefficient (Wildman–Crippen LogP) is 8.16. The zero-order valence-corrected chi connectivity index (χ0v) is 19.7. The smallest absolute Gasteiger partial charge is 0.219 e. The average molecular weight is 456 g/mol. The van der Waals surface area contributed by atoms with Crippen molar-refractivity contribution in [3.63, 3.8) is 0 Å². The second kappa shape index (κ2) is 8.73. The van der Waals surface area contributed by atoms with Crippen LogP contribution in [0.25, 0.3) is 38.8 Å². The summed E-state index contributed by atoms with van der Waals surface area (Å²) in [6, 6.07) is 35.2. The molecule has 0 fully saturated rings. The summed E-state index contributed by atoms with van der Waals surface area (Å²) in [5, 5.41) is 2.42. The van der Waals surface area contributed by atoms with E-state index in [0.29, 0.717) is 11.8 Å². The molecule has 0 bridgehead atoms. The number of hydrogen-bond donors (Lipinski definition) is 0. The number of para-hydroxylation sites is 1. The van der Waals surface area contributed by atoms with Gasteiger partial charge in [-0.1, -0.05) is 68.4 Å². The molecule has 6 aromatic rings. The minimum Gasteiger partial charge on any atom is -0.439 e. The summed E-state index contributed by atoms with van der Waals surface area (Å²) in [6.07, 6.45) is 1.84. The Morgan fingerprint density at radius 2 is 1.49 bits per heavy atom. The summed E-state index contributed by atoms with van der Waals surface area (Å²) < 4.78 is 8.37. The first-order valence-electron chi connectivity index (χ1n) is 11.9. The number of ether oxygens (including phenoxy) is 1. The van der Waals surface area contributed by atoms with E-state index in [1.165, 1.54) is 10.8 Å². The van der Waals surface area contributed by atoms with E-state index in [0.717, 1.165) is 39.4 Å². The van der Waals surface area contributed by atoms with Gasteiger partial charge >= 0.3 is 0 Å². The summed E-state index contributed by atoms with van der Waals surface area (Å²) in [7, 11) is 0. The largest absolute Gasteiger partial charge is 0.439 e. The van der Waals surface area contributed by atoms with Gasteiger partial charge in [0.05, 0.1) is 11.0 Å². The van der Waals surface area contributed by atoms with Gasteiger partial charge in [0.2, 0.25) is 5.88 Å². The average Bonchev–Trinajstić information content (AvgIpc) is 3.23. The molecule has 0 aliphatic rings. The highest BCUT2D eigenvalue weighted by atomic mass is 16.5. The molecule has 4 heteroatoms. The zero-order chi connectivity index (χ0) is 23.8. The first kappa shape index (κ1) is 21.1. The molecule has 0 atom stereocenters. The third kappa shape index (κ3) is 3.93. The lowest BCUT2D eigenvalue weighted by Crippen LogP contribution is -1.96. The minimum atomic E-state index is 0.350. The lowest BCUT2D eigenvalue weighted by atomic mass is 10.0. The maximum atomic E-state index is 6.13. The van der Waals surface area contributed by atoms with Gasteiger partial charge in [0.15, 0.2) is 0 Å². The highest BCUT2D eigenvalue weighted by molar-refractivity contribution is 6.10. The van der Waals surface area contributed by atoms with Crippen molar-refractivity contribution >= 4 is 21.8 Å². The van der Waals surface area contributed by atoms with Crippen molar-refractivity contribution in [3.05, 3.63) is 115 Å². The van der Waals surface area contributed by atoms with Gasteiger partial charge in [0.1, 0.15) is 11.6 Å². The Morgan fingerprint density at radius 1 is 0.686 bits per heavy atom. The van der Waals surface area contributed by atoms with Crippen molar-refractivity contribution in [3.8, 4) is 28.6 Å². The molecule has 35 heavy (non-hydrogen) atoms. The van der Waals surface area contributed by atoms with Gasteiger partial charge in [0, 0.05) is 28.7 Å². The maximum absolute atomic E-state index is 6.13. The molecule has 0 N–H and O–H groups in total. The lowest BCUT2D eigenvalue weighted by Gasteiger charge is -2.10. The highest BCUT2D eigenvalue weighted by Crippen LogP contribution is 2.35. The first-order chi connectivity index (χ1) is 17.2. The molecule has 0 saturated heterocycles. The second-order valence-electron chi connectivity index (χ2n) is 8.96. The van der Waals surface area contributed by atoms with Crippen LogP contribution in [0.3, 0.4) is 0 Å². The normalized spacial score (nSPS) is 11.4. The maximum Gasteiger partial charge on any atom is 0.219 e. The molecule has 6 rings (SSSR count). The van der Waals surface area contributed by atoms with E-state index >= 15 is 0 Å². The summed E-state index contributed by atoms with van der Waals surface area (Å²) >= 11 is 0. The molecule has 0 radical (unpaired) electrons. The zero-order valence-electron chi connectivity index (χ0n) is 19.7. The van der Waals surface area contributed by atoms with Crippen LogP contribution >= 0.6 is 0 Å². The van der Waals surface area contributed by atoms with Crippen LogP contribution < -0.4 is 4.74 Å². The fraction of sp³-hybridized carbons (Fsp3) is 0.0968. The number of benzene rings is 3. The Balaban J connectivity index is 1.44. The number of pyridine rings is 2. The minimum absolute atomic E-state index is 0.350. The summed E-state index contributed by atoms with van der Waals surface area (Å²) in [6.45, 7) is 4.26. The van der Waals surface area contributed by atoms with E-state index in [-0.39, 0.29) is 0 Å². The Kier molecular flexibility index (Phi) is 5.27. The van der Waals surface area contributed by atoms with Gasteiger partial charge < -0.3 is 4.74 Å². The predicted molar refractivity (Wildman–Crippen MR) is 142 cm³/mol. The lowest BCUT2D eigenvalue weighted by molar-refractivity contribution is 0.460. The molecular weight excluding hydrogens is 430 g/mol. The highest BCUT2D eigenvalue weighted by Gasteiger charge is 2.14. The fourth-order valence-electron chi connectivity index (χ4n) is 4.55. The Labute approximate surface area is 204 Å². The molecule has 3 heterocycles. The van der Waals surface area contributed by atoms with E-state index in [4.69, 9.17) is 4.74 Å². The number of fused-ring (bicyclic) bond motifs is 3. The van der Waals surface area contributed by atoms with Crippen molar-refractivity contribution in [1.29, 1.82) is 0 Å². The monoisotopic (exact) mass is 455 g/mol. The molecule has 0 unspecified atom stereocenters. The van der Waals surface area contributed by atoms with Gasteiger partial charge in [-0.2, -0.15) is 0 Å². The van der Waals surface area contributed by atoms with Crippen molar-refractivity contribution in [2.75, 3.05) is 0 Å². The van der Waals surface area contributed by atoms with Crippen LogP contribution in [0.15, 0.2) is 109 Å². The number of aromatic nitrogens is 3. The molecule has 3 aromatic carbocycles. The number of rotatable bonds is 5. The topological polar surface area (TPSA) is 39.9 Å². The van der Waals surface area contributed by atoms with Crippen LogP contribution in [0.2, 0.25) is 0 Å². The van der Waals surface area contributed by atoms with Crippen molar-refractivity contribution in [1.82, 2.24) is 14.5 Å². The number of hydrogen-bond acceptors (Lipinski definition) is 3. The second-order valence-corrected chi connectivity index (χ2v) is 8.96. The van der Waals surface area contributed by atoms with Crippen LogP contribution in [-0.2, 0) is 0 Å². The fourth-order valence-corrected chi connectivity index (χ4v) is 4.55. The molecule has 0 amide bonds. The molecule has 0 aliphatic heterocycles. The third-order valence-electron chi connectivity index (χ3n) is 6.28. The molecule has 0 saturated carbocycles. The summed E-state index contributed by atoms with van der Waals surface area (Å²) in [4.78, 5) is 9.29. The first-order valence-corrected chi connectivity index (χ1v) is 11.9. The Morgan fingerprint density at radius 3 is 2.34 bits per heavy atom. The van der Waals surface area contributed by atoms with Gasteiger partial charge in [0.25, 0.3) is 0 Å². The molecule has 0 spiro atoms. The van der Waals surface area contributed by atoms with E-state index in [1.807, 2.05) is 54.7 Å². The van der Waals surface area contributed by atoms with Crippen LogP contribution in [0.1, 0.15) is 25.5 Å². The molecular formula is C31H25N3O. The van der Waals surface area contributed by atoms with Gasteiger partial charge in [-0.3, -0.25) is 4.57 Å². The van der Waals surface area contributed by atoms with Gasteiger partial charge in [-0.05, 0) is 59.5 Å². The van der Waals surface area contributed by atoms with E-state index in [2.05, 4.69) is 83.0 Å². The van der Waals surface area contributed by atoms with Crippen LogP contribution in [0, 0.1) is 0 Å². The van der Waals surface area contributed by atoms with Crippen molar-refractivity contribution in [2.45, 2.75) is 19.8 Å². The van der Waals surface area contributed by atoms with E-state index in [1.54, 1.807) is 0 Å². The van der Waals surface area contributed by atoms with Crippen LogP contribution in [-0.4, -0.2) is 14.5 Å². The Bertz CT molecular complexity index is 1650. The van der Waals surface area contributed by atoms with Crippen LogP contribution in [0.4, 0.5) is 0 Å². The molecule has 0 aliphatic carbocycles. The Hall–Kier alpha value is -4.44. The SMILES string of the molecule is CC(C)c1cccc(Oc2cccc(-c3ccc4c5ccccc5n(-c5ccccn5)c4c3)c2)n1. The quantitative estimate of drug-likeness (QED) is 0.263. The molecule has 170 valence electrons. The molecule has 3 aromatic heterocycles. The van der Waals surface area contributed by atoms with Gasteiger partial charge in [-0.25, -0.2) is 9.97 Å². The standard InChI is InChI=1S/C31H25N3O/c1-21(2)27-12-8-15-31(33-27)35-24-10-7-9-22(19-24)23-16-17-26-25-11-3-4-13-28(25)34(29(26)20-23)30-14-5-6-18-32-30/h3-21H,1-2H3.